The summed E-state index contributed by atoms with van der Waals surface area (Å²) in [6, 6.07) is 18.6. The Balaban J connectivity index is 1.55. The molecule has 1 aromatic heterocycles. The van der Waals surface area contributed by atoms with Crippen LogP contribution in [-0.4, -0.2) is 30.9 Å². The first-order valence-corrected chi connectivity index (χ1v) is 15.8. The van der Waals surface area contributed by atoms with Crippen molar-refractivity contribution in [3.63, 3.8) is 0 Å². The SMILES string of the molecule is CCOC(=O)C1=C(C)N=c2s/c(=C/c3ccc(OCc4ccc(C)cc4)cc3)c(=O)n2[C@H]1c1cc(OC)c(OCC)cc1Br. The molecule has 4 aromatic rings. The van der Waals surface area contributed by atoms with Gasteiger partial charge in [-0.05, 0) is 74.7 Å². The van der Waals surface area contributed by atoms with E-state index in [4.69, 9.17) is 18.9 Å². The number of esters is 1. The van der Waals surface area contributed by atoms with Crippen LogP contribution in [0.5, 0.6) is 17.2 Å². The Morgan fingerprint density at radius 3 is 2.39 bits per heavy atom. The Morgan fingerprint density at radius 1 is 1.00 bits per heavy atom. The van der Waals surface area contributed by atoms with E-state index in [-0.39, 0.29) is 17.7 Å². The zero-order valence-corrected chi connectivity index (χ0v) is 27.6. The van der Waals surface area contributed by atoms with Crippen LogP contribution in [0.1, 0.15) is 49.1 Å². The predicted molar refractivity (Wildman–Crippen MR) is 174 cm³/mol. The minimum absolute atomic E-state index is 0.186. The fraction of sp³-hybridized carbons (Fsp3) is 0.265. The molecule has 2 heterocycles. The summed E-state index contributed by atoms with van der Waals surface area (Å²) in [6.07, 6.45) is 1.82. The summed E-state index contributed by atoms with van der Waals surface area (Å²) < 4.78 is 25.4. The molecule has 44 heavy (non-hydrogen) atoms. The first kappa shape index (κ1) is 31.3. The first-order valence-electron chi connectivity index (χ1n) is 14.2. The highest BCUT2D eigenvalue weighted by molar-refractivity contribution is 9.10. The monoisotopic (exact) mass is 676 g/mol. The third-order valence-corrected chi connectivity index (χ3v) is 8.77. The molecule has 0 saturated carbocycles. The summed E-state index contributed by atoms with van der Waals surface area (Å²) in [5, 5.41) is 0. The number of thiazole rings is 1. The third-order valence-electron chi connectivity index (χ3n) is 7.10. The van der Waals surface area contributed by atoms with E-state index in [2.05, 4.69) is 40.0 Å². The van der Waals surface area contributed by atoms with E-state index < -0.39 is 12.0 Å². The number of carbonyl (C=O) groups excluding carboxylic acids is 1. The lowest BCUT2D eigenvalue weighted by atomic mass is 9.95. The lowest BCUT2D eigenvalue weighted by Crippen LogP contribution is -2.40. The van der Waals surface area contributed by atoms with Crippen LogP contribution in [-0.2, 0) is 16.1 Å². The topological polar surface area (TPSA) is 88.4 Å². The van der Waals surface area contributed by atoms with Gasteiger partial charge < -0.3 is 18.9 Å². The maximum absolute atomic E-state index is 14.0. The molecule has 228 valence electrons. The van der Waals surface area contributed by atoms with Gasteiger partial charge in [-0.15, -0.1) is 0 Å². The highest BCUT2D eigenvalue weighted by atomic mass is 79.9. The van der Waals surface area contributed by atoms with E-state index in [0.717, 1.165) is 16.9 Å². The van der Waals surface area contributed by atoms with Crippen molar-refractivity contribution in [2.45, 2.75) is 40.3 Å². The standard InChI is InChI=1S/C34H33BrN2O6S/c1-6-41-28-18-26(35)25(17-27(28)40-5)31-30(33(39)42-7-2)21(4)36-34-37(31)32(38)29(44-34)16-22-12-14-24(15-13-22)43-19-23-10-8-20(3)9-11-23/h8-18,31H,6-7,19H2,1-5H3/b29-16+/t31-/m0/s1. The number of allylic oxidation sites excluding steroid dienone is 1. The molecule has 8 nitrogen and oxygen atoms in total. The Bertz CT molecular complexity index is 1890. The van der Waals surface area contributed by atoms with Gasteiger partial charge in [0.05, 0.1) is 42.2 Å². The fourth-order valence-electron chi connectivity index (χ4n) is 4.94. The predicted octanol–water partition coefficient (Wildman–Crippen LogP) is 5.86. The number of carbonyl (C=O) groups is 1. The van der Waals surface area contributed by atoms with Crippen molar-refractivity contribution in [3.8, 4) is 17.2 Å². The summed E-state index contributed by atoms with van der Waals surface area (Å²) >= 11 is 4.92. The second-order valence-electron chi connectivity index (χ2n) is 10.1. The van der Waals surface area contributed by atoms with Gasteiger partial charge >= 0.3 is 5.97 Å². The maximum Gasteiger partial charge on any atom is 0.338 e. The number of nitrogens with zero attached hydrogens (tertiary/aromatic N) is 2. The lowest BCUT2D eigenvalue weighted by molar-refractivity contribution is -0.139. The number of hydrogen-bond donors (Lipinski definition) is 0. The van der Waals surface area contributed by atoms with E-state index >= 15 is 0 Å². The van der Waals surface area contributed by atoms with Crippen LogP contribution in [0.15, 0.2) is 86.2 Å². The summed E-state index contributed by atoms with van der Waals surface area (Å²) in [5.74, 6) is 1.22. The molecule has 0 radical (unpaired) electrons. The van der Waals surface area contributed by atoms with Gasteiger partial charge in [0.15, 0.2) is 16.3 Å². The molecular formula is C34H33BrN2O6S. The molecule has 5 rings (SSSR count). The van der Waals surface area contributed by atoms with Gasteiger partial charge in [0.1, 0.15) is 12.4 Å². The molecule has 1 atom stereocenters. The molecule has 1 aliphatic heterocycles. The van der Waals surface area contributed by atoms with Gasteiger partial charge in [-0.25, -0.2) is 9.79 Å². The number of ether oxygens (including phenoxy) is 4. The molecule has 1 aliphatic rings. The number of fused-ring (bicyclic) bond motifs is 1. The molecule has 0 N–H and O–H groups in total. The first-order chi connectivity index (χ1) is 21.2. The smallest absolute Gasteiger partial charge is 0.338 e. The fourth-order valence-corrected chi connectivity index (χ4v) is 6.52. The van der Waals surface area contributed by atoms with Crippen molar-refractivity contribution in [3.05, 3.63) is 118 Å². The highest BCUT2D eigenvalue weighted by Gasteiger charge is 2.35. The number of hydrogen-bond acceptors (Lipinski definition) is 8. The average Bonchev–Trinajstić information content (AvgIpc) is 3.31. The van der Waals surface area contributed by atoms with E-state index in [9.17, 15) is 9.59 Å². The van der Waals surface area contributed by atoms with Crippen molar-refractivity contribution < 1.29 is 23.7 Å². The van der Waals surface area contributed by atoms with E-state index in [1.807, 2.05) is 49.4 Å². The number of aromatic nitrogens is 1. The average molecular weight is 678 g/mol. The molecule has 0 saturated heterocycles. The normalized spacial score (nSPS) is 14.6. The molecule has 0 unspecified atom stereocenters. The quantitative estimate of drug-likeness (QED) is 0.196. The van der Waals surface area contributed by atoms with Crippen LogP contribution in [0.25, 0.3) is 6.08 Å². The molecule has 0 amide bonds. The van der Waals surface area contributed by atoms with E-state index in [1.54, 1.807) is 37.7 Å². The molecule has 3 aromatic carbocycles. The second kappa shape index (κ2) is 13.7. The van der Waals surface area contributed by atoms with Crippen molar-refractivity contribution in [2.24, 2.45) is 4.99 Å². The van der Waals surface area contributed by atoms with Gasteiger partial charge in [0.2, 0.25) is 0 Å². The second-order valence-corrected chi connectivity index (χ2v) is 12.0. The van der Waals surface area contributed by atoms with Crippen LogP contribution in [0, 0.1) is 6.92 Å². The number of aryl methyl sites for hydroxylation is 1. The Kier molecular flexibility index (Phi) is 9.71. The van der Waals surface area contributed by atoms with Gasteiger partial charge in [0.25, 0.3) is 5.56 Å². The van der Waals surface area contributed by atoms with Crippen molar-refractivity contribution in [1.82, 2.24) is 4.57 Å². The minimum Gasteiger partial charge on any atom is -0.493 e. The maximum atomic E-state index is 14.0. The summed E-state index contributed by atoms with van der Waals surface area (Å²) in [4.78, 5) is 32.5. The van der Waals surface area contributed by atoms with Gasteiger partial charge in [-0.1, -0.05) is 69.2 Å². The zero-order valence-electron chi connectivity index (χ0n) is 25.2. The zero-order chi connectivity index (χ0) is 31.4. The molecule has 0 aliphatic carbocycles. The van der Waals surface area contributed by atoms with Gasteiger partial charge in [-0.2, -0.15) is 0 Å². The number of halogens is 1. The van der Waals surface area contributed by atoms with E-state index in [1.165, 1.54) is 16.9 Å². The molecule has 0 bridgehead atoms. The van der Waals surface area contributed by atoms with Crippen molar-refractivity contribution in [2.75, 3.05) is 20.3 Å². The Hall–Kier alpha value is -4.15. The molecule has 0 spiro atoms. The number of benzene rings is 3. The molecule has 0 fully saturated rings. The largest absolute Gasteiger partial charge is 0.493 e. The summed E-state index contributed by atoms with van der Waals surface area (Å²) in [5.41, 5.74) is 4.26. The van der Waals surface area contributed by atoms with Crippen molar-refractivity contribution in [1.29, 1.82) is 0 Å². The third kappa shape index (κ3) is 6.51. The highest BCUT2D eigenvalue weighted by Crippen LogP contribution is 2.41. The minimum atomic E-state index is -0.802. The Labute approximate surface area is 268 Å². The van der Waals surface area contributed by atoms with Crippen LogP contribution in [0.4, 0.5) is 0 Å². The van der Waals surface area contributed by atoms with Crippen LogP contribution >= 0.6 is 27.3 Å². The van der Waals surface area contributed by atoms with Gasteiger partial charge in [0, 0.05) is 4.47 Å². The number of rotatable bonds is 10. The van der Waals surface area contributed by atoms with Gasteiger partial charge in [-0.3, -0.25) is 9.36 Å². The Morgan fingerprint density at radius 2 is 1.73 bits per heavy atom. The van der Waals surface area contributed by atoms with Crippen LogP contribution in [0.3, 0.4) is 0 Å². The van der Waals surface area contributed by atoms with Crippen LogP contribution in [0.2, 0.25) is 0 Å². The molecule has 10 heteroatoms. The van der Waals surface area contributed by atoms with Crippen molar-refractivity contribution >= 4 is 39.3 Å². The van der Waals surface area contributed by atoms with E-state index in [0.29, 0.717) is 49.8 Å². The molecular weight excluding hydrogens is 644 g/mol. The van der Waals surface area contributed by atoms with Crippen LogP contribution < -0.4 is 29.1 Å². The lowest BCUT2D eigenvalue weighted by Gasteiger charge is -2.26. The summed E-state index contributed by atoms with van der Waals surface area (Å²) in [7, 11) is 1.55. The number of methoxy groups -OCH3 is 1. The summed E-state index contributed by atoms with van der Waals surface area (Å²) in [6.45, 7) is 8.54.